The van der Waals surface area contributed by atoms with E-state index in [1.807, 2.05) is 6.07 Å². The number of halogens is 8. The number of rotatable bonds is 8. The van der Waals surface area contributed by atoms with E-state index in [0.717, 1.165) is 42.1 Å². The molecule has 1 unspecified atom stereocenters. The van der Waals surface area contributed by atoms with E-state index in [4.69, 9.17) is 23.2 Å². The molecule has 242 valence electrons. The molecule has 0 radical (unpaired) electrons. The van der Waals surface area contributed by atoms with Gasteiger partial charge in [0, 0.05) is 50.8 Å². The van der Waals surface area contributed by atoms with Gasteiger partial charge in [0.2, 0.25) is 0 Å². The molecule has 3 heterocycles. The lowest BCUT2D eigenvalue weighted by atomic mass is 9.59. The molecule has 1 saturated carbocycles. The summed E-state index contributed by atoms with van der Waals surface area (Å²) >= 11 is 12.5. The zero-order chi connectivity index (χ0) is 31.9. The van der Waals surface area contributed by atoms with Crippen molar-refractivity contribution in [3.05, 3.63) is 68.7 Å². The van der Waals surface area contributed by atoms with Crippen LogP contribution in [0.1, 0.15) is 90.8 Å². The topological polar surface area (TPSA) is 20.3 Å². The summed E-state index contributed by atoms with van der Waals surface area (Å²) in [6, 6.07) is 6.23. The number of alkyl halides is 6. The highest BCUT2D eigenvalue weighted by Crippen LogP contribution is 2.53. The summed E-state index contributed by atoms with van der Waals surface area (Å²) in [5, 5.41) is 0.714. The molecule has 0 spiro atoms. The maximum atomic E-state index is 13.5. The molecule has 3 saturated heterocycles. The molecular formula is C33H39Cl2F6N2O+. The quantitative estimate of drug-likeness (QED) is 0.203. The minimum atomic E-state index is -5.04. The Hall–Kier alpha value is -1.97. The molecule has 0 N–H and O–H groups in total. The van der Waals surface area contributed by atoms with Gasteiger partial charge in [-0.3, -0.25) is 4.79 Å². The fourth-order valence-electron chi connectivity index (χ4n) is 8.02. The van der Waals surface area contributed by atoms with E-state index in [1.165, 1.54) is 63.3 Å². The van der Waals surface area contributed by atoms with Crippen molar-refractivity contribution in [2.24, 2.45) is 11.3 Å². The lowest BCUT2D eigenvalue weighted by Gasteiger charge is -2.58. The van der Waals surface area contributed by atoms with Gasteiger partial charge in [-0.2, -0.15) is 26.3 Å². The van der Waals surface area contributed by atoms with Gasteiger partial charge in [-0.05, 0) is 60.1 Å². The predicted molar refractivity (Wildman–Crippen MR) is 160 cm³/mol. The third kappa shape index (κ3) is 7.20. The lowest BCUT2D eigenvalue weighted by molar-refractivity contribution is -0.946. The molecule has 4 fully saturated rings. The number of benzene rings is 2. The zero-order valence-electron chi connectivity index (χ0n) is 24.8. The molecular weight excluding hydrogens is 625 g/mol. The van der Waals surface area contributed by atoms with Crippen LogP contribution in [0.3, 0.4) is 0 Å². The molecule has 2 aromatic rings. The number of piperidine rings is 3. The standard InChI is InChI=1S/C33H39Cl2F6N2O/c1-42(30(44)24-17-26(32(36,37)38)20-27(18-24)33(39,40)41)21-23(22-7-8-28(34)29(35)19-22)9-13-43-14-10-31(11-15-43,12-16-43)25-5-3-2-4-6-25/h7-8,17-20,23,25H,2-6,9-16,21H2,1H3/q+1. The molecule has 0 aromatic heterocycles. The predicted octanol–water partition coefficient (Wildman–Crippen LogP) is 9.86. The smallest absolute Gasteiger partial charge is 0.341 e. The normalized spacial score (nSPS) is 25.2. The summed E-state index contributed by atoms with van der Waals surface area (Å²) in [6.45, 7) is 4.31. The van der Waals surface area contributed by atoms with Crippen LogP contribution in [0.15, 0.2) is 36.4 Å². The number of carbonyl (C=O) groups is 1. The molecule has 2 aromatic carbocycles. The van der Waals surface area contributed by atoms with Crippen molar-refractivity contribution < 1.29 is 35.6 Å². The van der Waals surface area contributed by atoms with Crippen LogP contribution in [-0.2, 0) is 12.4 Å². The first-order valence-electron chi connectivity index (χ1n) is 15.5. The van der Waals surface area contributed by atoms with Crippen LogP contribution in [0.25, 0.3) is 0 Å². The maximum absolute atomic E-state index is 13.5. The van der Waals surface area contributed by atoms with Crippen molar-refractivity contribution in [1.29, 1.82) is 0 Å². The van der Waals surface area contributed by atoms with Gasteiger partial charge < -0.3 is 9.38 Å². The Kier molecular flexibility index (Phi) is 9.62. The van der Waals surface area contributed by atoms with Gasteiger partial charge >= 0.3 is 12.4 Å². The highest BCUT2D eigenvalue weighted by Gasteiger charge is 2.52. The second-order valence-corrected chi connectivity index (χ2v) is 14.1. The molecule has 11 heteroatoms. The Morgan fingerprint density at radius 1 is 0.886 bits per heavy atom. The SMILES string of the molecule is CN(CC(CC[N+]12CCC(C3CCCCC3)(CC1)CC2)c1ccc(Cl)c(Cl)c1)C(=O)c1cc(C(F)(F)F)cc(C(F)(F)F)c1. The molecule has 1 atom stereocenters. The second kappa shape index (κ2) is 12.7. The number of likely N-dealkylation sites (N-methyl/N-ethyl adjacent to an activating group) is 1. The minimum absolute atomic E-state index is 0.0316. The number of hydrogen-bond acceptors (Lipinski definition) is 1. The fraction of sp³-hybridized carbons (Fsp3) is 0.606. The van der Waals surface area contributed by atoms with Crippen LogP contribution in [0.4, 0.5) is 26.3 Å². The average molecular weight is 665 g/mol. The van der Waals surface area contributed by atoms with Gasteiger partial charge in [0.15, 0.2) is 0 Å². The van der Waals surface area contributed by atoms with Gasteiger partial charge in [0.25, 0.3) is 5.91 Å². The van der Waals surface area contributed by atoms with Crippen molar-refractivity contribution in [3.63, 3.8) is 0 Å². The van der Waals surface area contributed by atoms with Gasteiger partial charge in [0.05, 0.1) is 47.4 Å². The minimum Gasteiger partial charge on any atom is -0.341 e. The van der Waals surface area contributed by atoms with E-state index in [0.29, 0.717) is 34.0 Å². The van der Waals surface area contributed by atoms with E-state index in [1.54, 1.807) is 12.1 Å². The van der Waals surface area contributed by atoms with E-state index in [2.05, 4.69) is 0 Å². The Balaban J connectivity index is 1.34. The Labute approximate surface area is 265 Å². The summed E-state index contributed by atoms with van der Waals surface area (Å²) in [5.41, 5.74) is -2.39. The number of quaternary nitrogens is 1. The van der Waals surface area contributed by atoms with Gasteiger partial charge in [-0.1, -0.05) is 48.5 Å². The third-order valence-corrected chi connectivity index (χ3v) is 11.5. The Morgan fingerprint density at radius 3 is 1.98 bits per heavy atom. The molecule has 44 heavy (non-hydrogen) atoms. The highest BCUT2D eigenvalue weighted by atomic mass is 35.5. The number of amides is 1. The average Bonchev–Trinajstić information content (AvgIpc) is 3.00. The molecule has 2 bridgehead atoms. The van der Waals surface area contributed by atoms with E-state index < -0.39 is 35.0 Å². The third-order valence-electron chi connectivity index (χ3n) is 10.8. The summed E-state index contributed by atoms with van der Waals surface area (Å²) < 4.78 is 81.8. The highest BCUT2D eigenvalue weighted by molar-refractivity contribution is 6.42. The molecule has 4 aliphatic rings. The van der Waals surface area contributed by atoms with Crippen molar-refractivity contribution in [2.45, 2.75) is 76.1 Å². The molecule has 1 aliphatic carbocycles. The van der Waals surface area contributed by atoms with E-state index in [-0.39, 0.29) is 18.5 Å². The second-order valence-electron chi connectivity index (χ2n) is 13.3. The van der Waals surface area contributed by atoms with Gasteiger partial charge in [-0.25, -0.2) is 0 Å². The van der Waals surface area contributed by atoms with Crippen LogP contribution in [0.2, 0.25) is 10.0 Å². The summed E-state index contributed by atoms with van der Waals surface area (Å²) in [7, 11) is 1.41. The number of hydrogen-bond donors (Lipinski definition) is 0. The monoisotopic (exact) mass is 663 g/mol. The van der Waals surface area contributed by atoms with Crippen LogP contribution in [-0.4, -0.2) is 55.1 Å². The van der Waals surface area contributed by atoms with Crippen LogP contribution < -0.4 is 0 Å². The van der Waals surface area contributed by atoms with E-state index in [9.17, 15) is 31.1 Å². The van der Waals surface area contributed by atoms with Crippen LogP contribution >= 0.6 is 23.2 Å². The van der Waals surface area contributed by atoms with Crippen molar-refractivity contribution >= 4 is 29.1 Å². The Bertz CT molecular complexity index is 1300. The maximum Gasteiger partial charge on any atom is 0.416 e. The first-order valence-corrected chi connectivity index (χ1v) is 16.2. The van der Waals surface area contributed by atoms with Gasteiger partial charge in [-0.15, -0.1) is 0 Å². The molecule has 3 nitrogen and oxygen atoms in total. The largest absolute Gasteiger partial charge is 0.416 e. The molecule has 6 rings (SSSR count). The fourth-order valence-corrected chi connectivity index (χ4v) is 8.33. The number of carbonyl (C=O) groups excluding carboxylic acids is 1. The first-order chi connectivity index (χ1) is 20.6. The van der Waals surface area contributed by atoms with Gasteiger partial charge in [0.1, 0.15) is 0 Å². The van der Waals surface area contributed by atoms with E-state index >= 15 is 0 Å². The summed E-state index contributed by atoms with van der Waals surface area (Å²) in [6.07, 6.45) is 0.988. The lowest BCUT2D eigenvalue weighted by Crippen LogP contribution is -2.63. The number of nitrogens with zero attached hydrogens (tertiary/aromatic N) is 2. The summed E-state index contributed by atoms with van der Waals surface area (Å²) in [4.78, 5) is 14.6. The zero-order valence-corrected chi connectivity index (χ0v) is 26.4. The Morgan fingerprint density at radius 2 is 1.45 bits per heavy atom. The van der Waals surface area contributed by atoms with Crippen molar-refractivity contribution in [3.8, 4) is 0 Å². The van der Waals surface area contributed by atoms with Crippen molar-refractivity contribution in [1.82, 2.24) is 4.90 Å². The van der Waals surface area contributed by atoms with Crippen LogP contribution in [0, 0.1) is 11.3 Å². The first kappa shape index (κ1) is 33.4. The van der Waals surface area contributed by atoms with Crippen molar-refractivity contribution in [2.75, 3.05) is 39.8 Å². The van der Waals surface area contributed by atoms with Crippen LogP contribution in [0.5, 0.6) is 0 Å². The number of fused-ring (bicyclic) bond motifs is 3. The molecule has 1 amide bonds. The summed E-state index contributed by atoms with van der Waals surface area (Å²) in [5.74, 6) is -0.325. The molecule has 3 aliphatic heterocycles.